The molecule has 0 N–H and O–H groups in total. The Labute approximate surface area is 112 Å². The number of aromatic nitrogens is 1. The van der Waals surface area contributed by atoms with Crippen LogP contribution in [-0.4, -0.2) is 18.2 Å². The van der Waals surface area contributed by atoms with Crippen LogP contribution >= 0.6 is 27.3 Å². The second kappa shape index (κ2) is 4.66. The molecule has 0 spiro atoms. The van der Waals surface area contributed by atoms with Crippen molar-refractivity contribution in [1.82, 2.24) is 4.98 Å². The number of hydrogen-bond acceptors (Lipinski definition) is 4. The van der Waals surface area contributed by atoms with E-state index in [4.69, 9.17) is 9.47 Å². The zero-order chi connectivity index (χ0) is 11.7. The molecule has 0 unspecified atom stereocenters. The fraction of sp³-hybridized carbons (Fsp3) is 0.250. The lowest BCUT2D eigenvalue weighted by molar-refractivity contribution is 0.297. The third kappa shape index (κ3) is 2.17. The lowest BCUT2D eigenvalue weighted by Crippen LogP contribution is -1.97. The van der Waals surface area contributed by atoms with Gasteiger partial charge in [-0.05, 0) is 34.1 Å². The normalized spacial score (nSPS) is 14.4. The van der Waals surface area contributed by atoms with E-state index in [1.165, 1.54) is 0 Å². The highest BCUT2D eigenvalue weighted by Gasteiger charge is 2.13. The Morgan fingerprint density at radius 1 is 1.18 bits per heavy atom. The molecule has 1 aliphatic heterocycles. The zero-order valence-electron chi connectivity index (χ0n) is 8.98. The summed E-state index contributed by atoms with van der Waals surface area (Å²) in [6.07, 6.45) is 0.921. The fourth-order valence-electron chi connectivity index (χ4n) is 1.73. The topological polar surface area (TPSA) is 31.4 Å². The summed E-state index contributed by atoms with van der Waals surface area (Å²) in [4.78, 5) is 4.33. The standard InChI is InChI=1S/C12H10BrNO2S/c13-12-11(14-7-17-12)8-2-3-9-10(6-8)16-5-1-4-15-9/h2-3,6-7H,1,4-5H2. The van der Waals surface area contributed by atoms with Gasteiger partial charge in [0.2, 0.25) is 0 Å². The highest BCUT2D eigenvalue weighted by molar-refractivity contribution is 9.11. The average molecular weight is 312 g/mol. The summed E-state index contributed by atoms with van der Waals surface area (Å²) in [5.41, 5.74) is 3.82. The van der Waals surface area contributed by atoms with Crippen LogP contribution in [-0.2, 0) is 0 Å². The summed E-state index contributed by atoms with van der Waals surface area (Å²) in [5.74, 6) is 1.62. The summed E-state index contributed by atoms with van der Waals surface area (Å²) in [6.45, 7) is 1.42. The minimum absolute atomic E-state index is 0.703. The highest BCUT2D eigenvalue weighted by atomic mass is 79.9. The third-order valence-electron chi connectivity index (χ3n) is 2.55. The Hall–Kier alpha value is -1.07. The van der Waals surface area contributed by atoms with Crippen LogP contribution in [0.1, 0.15) is 6.42 Å². The maximum Gasteiger partial charge on any atom is 0.161 e. The maximum atomic E-state index is 5.66. The van der Waals surface area contributed by atoms with Gasteiger partial charge < -0.3 is 9.47 Å². The van der Waals surface area contributed by atoms with E-state index in [0.717, 1.165) is 33.0 Å². The molecule has 2 heterocycles. The van der Waals surface area contributed by atoms with Crippen LogP contribution in [0.3, 0.4) is 0 Å². The fourth-order valence-corrected chi connectivity index (χ4v) is 2.85. The molecule has 0 fully saturated rings. The van der Waals surface area contributed by atoms with Gasteiger partial charge in [-0.3, -0.25) is 0 Å². The molecular weight excluding hydrogens is 302 g/mol. The Balaban J connectivity index is 2.03. The smallest absolute Gasteiger partial charge is 0.161 e. The summed E-state index contributed by atoms with van der Waals surface area (Å²) in [6, 6.07) is 5.94. The molecule has 0 bridgehead atoms. The predicted octanol–water partition coefficient (Wildman–Crippen LogP) is 3.73. The molecule has 0 amide bonds. The number of ether oxygens (including phenoxy) is 2. The van der Waals surface area contributed by atoms with Gasteiger partial charge in [0.15, 0.2) is 11.5 Å². The van der Waals surface area contributed by atoms with E-state index < -0.39 is 0 Å². The lowest BCUT2D eigenvalue weighted by atomic mass is 10.1. The van der Waals surface area contributed by atoms with Crippen LogP contribution in [0.4, 0.5) is 0 Å². The van der Waals surface area contributed by atoms with Gasteiger partial charge in [-0.15, -0.1) is 11.3 Å². The molecule has 1 aromatic carbocycles. The van der Waals surface area contributed by atoms with Crippen LogP contribution < -0.4 is 9.47 Å². The second-order valence-corrected chi connectivity index (χ2v) is 5.86. The number of benzene rings is 1. The van der Waals surface area contributed by atoms with Crippen LogP contribution in [0, 0.1) is 0 Å². The number of halogens is 1. The first-order valence-electron chi connectivity index (χ1n) is 5.33. The molecule has 0 saturated carbocycles. The third-order valence-corrected chi connectivity index (χ3v) is 4.09. The minimum Gasteiger partial charge on any atom is -0.490 e. The first kappa shape index (κ1) is 11.0. The molecule has 0 aliphatic carbocycles. The van der Waals surface area contributed by atoms with Crippen molar-refractivity contribution < 1.29 is 9.47 Å². The molecule has 0 saturated heterocycles. The van der Waals surface area contributed by atoms with Crippen molar-refractivity contribution in [3.8, 4) is 22.8 Å². The van der Waals surface area contributed by atoms with Crippen molar-refractivity contribution in [2.75, 3.05) is 13.2 Å². The van der Waals surface area contributed by atoms with Crippen molar-refractivity contribution in [1.29, 1.82) is 0 Å². The first-order chi connectivity index (χ1) is 8.34. The molecule has 88 valence electrons. The largest absolute Gasteiger partial charge is 0.490 e. The van der Waals surface area contributed by atoms with E-state index in [9.17, 15) is 0 Å². The van der Waals surface area contributed by atoms with Gasteiger partial charge in [-0.25, -0.2) is 4.98 Å². The van der Waals surface area contributed by atoms with Gasteiger partial charge in [-0.2, -0.15) is 0 Å². The van der Waals surface area contributed by atoms with Crippen molar-refractivity contribution in [2.24, 2.45) is 0 Å². The summed E-state index contributed by atoms with van der Waals surface area (Å²) < 4.78 is 12.3. The van der Waals surface area contributed by atoms with Crippen molar-refractivity contribution in [2.45, 2.75) is 6.42 Å². The van der Waals surface area contributed by atoms with Crippen molar-refractivity contribution in [3.63, 3.8) is 0 Å². The van der Waals surface area contributed by atoms with E-state index in [1.54, 1.807) is 11.3 Å². The van der Waals surface area contributed by atoms with Gasteiger partial charge in [0.25, 0.3) is 0 Å². The van der Waals surface area contributed by atoms with E-state index in [1.807, 2.05) is 23.7 Å². The molecule has 3 nitrogen and oxygen atoms in total. The van der Waals surface area contributed by atoms with Gasteiger partial charge in [-0.1, -0.05) is 0 Å². The number of hydrogen-bond donors (Lipinski definition) is 0. The van der Waals surface area contributed by atoms with Crippen LogP contribution in [0.25, 0.3) is 11.3 Å². The molecule has 17 heavy (non-hydrogen) atoms. The zero-order valence-corrected chi connectivity index (χ0v) is 11.4. The monoisotopic (exact) mass is 311 g/mol. The summed E-state index contributed by atoms with van der Waals surface area (Å²) in [5, 5.41) is 0. The SMILES string of the molecule is Brc1scnc1-c1ccc2c(c1)OCCCO2. The number of rotatable bonds is 1. The van der Waals surface area contributed by atoms with Gasteiger partial charge in [0.05, 0.1) is 28.2 Å². The van der Waals surface area contributed by atoms with E-state index in [2.05, 4.69) is 20.9 Å². The van der Waals surface area contributed by atoms with Crippen LogP contribution in [0.15, 0.2) is 27.5 Å². The second-order valence-electron chi connectivity index (χ2n) is 3.69. The Morgan fingerprint density at radius 3 is 2.76 bits per heavy atom. The van der Waals surface area contributed by atoms with Crippen molar-refractivity contribution in [3.05, 3.63) is 27.5 Å². The molecule has 5 heteroatoms. The summed E-state index contributed by atoms with van der Waals surface area (Å²) in [7, 11) is 0. The first-order valence-corrected chi connectivity index (χ1v) is 7.01. The molecule has 1 aliphatic rings. The molecule has 0 radical (unpaired) electrons. The Morgan fingerprint density at radius 2 is 2.00 bits per heavy atom. The number of nitrogens with zero attached hydrogens (tertiary/aromatic N) is 1. The summed E-state index contributed by atoms with van der Waals surface area (Å²) >= 11 is 5.07. The molecule has 3 rings (SSSR count). The van der Waals surface area contributed by atoms with Crippen LogP contribution in [0.2, 0.25) is 0 Å². The average Bonchev–Trinajstić information content (AvgIpc) is 2.64. The Bertz CT molecular complexity index is 541. The van der Waals surface area contributed by atoms with Gasteiger partial charge in [0, 0.05) is 12.0 Å². The minimum atomic E-state index is 0.703. The molecule has 0 atom stereocenters. The number of fused-ring (bicyclic) bond motifs is 1. The molecular formula is C12H10BrNO2S. The van der Waals surface area contributed by atoms with E-state index in [-0.39, 0.29) is 0 Å². The van der Waals surface area contributed by atoms with Crippen molar-refractivity contribution >= 4 is 27.3 Å². The molecule has 1 aromatic heterocycles. The Kier molecular flexibility index (Phi) is 3.03. The quantitative estimate of drug-likeness (QED) is 0.804. The van der Waals surface area contributed by atoms with Crippen LogP contribution in [0.5, 0.6) is 11.5 Å². The maximum absolute atomic E-state index is 5.66. The van der Waals surface area contributed by atoms with E-state index in [0.29, 0.717) is 13.2 Å². The molecule has 2 aromatic rings. The van der Waals surface area contributed by atoms with E-state index >= 15 is 0 Å². The number of thiazole rings is 1. The predicted molar refractivity (Wildman–Crippen MR) is 70.9 cm³/mol. The highest BCUT2D eigenvalue weighted by Crippen LogP contribution is 2.37. The van der Waals surface area contributed by atoms with Gasteiger partial charge >= 0.3 is 0 Å². The van der Waals surface area contributed by atoms with Gasteiger partial charge in [0.1, 0.15) is 0 Å². The lowest BCUT2D eigenvalue weighted by Gasteiger charge is -2.08.